The molecule has 1 amide bonds. The van der Waals surface area contributed by atoms with Crippen LogP contribution >= 0.6 is 0 Å². The van der Waals surface area contributed by atoms with Crippen molar-refractivity contribution in [1.29, 1.82) is 0 Å². The number of nitrogens with zero attached hydrogens (tertiary/aromatic N) is 1. The van der Waals surface area contributed by atoms with Crippen LogP contribution in [-0.2, 0) is 0 Å². The quantitative estimate of drug-likeness (QED) is 0.705. The Morgan fingerprint density at radius 2 is 1.69 bits per heavy atom. The first-order valence-corrected chi connectivity index (χ1v) is 8.07. The van der Waals surface area contributed by atoms with Crippen molar-refractivity contribution in [1.82, 2.24) is 10.3 Å². The lowest BCUT2D eigenvalue weighted by molar-refractivity contribution is 0.0935. The molecule has 26 heavy (non-hydrogen) atoms. The van der Waals surface area contributed by atoms with Crippen LogP contribution in [0.3, 0.4) is 0 Å². The van der Waals surface area contributed by atoms with E-state index in [0.717, 1.165) is 17.7 Å². The van der Waals surface area contributed by atoms with Gasteiger partial charge in [0.15, 0.2) is 11.6 Å². The number of nitrogens with one attached hydrogen (secondary N) is 2. The fraction of sp³-hybridized carbons (Fsp3) is 0.100. The van der Waals surface area contributed by atoms with Gasteiger partial charge in [-0.25, -0.2) is 8.78 Å². The van der Waals surface area contributed by atoms with E-state index in [-0.39, 0.29) is 17.6 Å². The van der Waals surface area contributed by atoms with Gasteiger partial charge in [0.05, 0.1) is 6.04 Å². The third-order valence-electron chi connectivity index (χ3n) is 3.85. The van der Waals surface area contributed by atoms with Crippen LogP contribution in [0.5, 0.6) is 0 Å². The van der Waals surface area contributed by atoms with Gasteiger partial charge in [0.25, 0.3) is 5.91 Å². The number of amides is 1. The van der Waals surface area contributed by atoms with Crippen LogP contribution in [0.15, 0.2) is 66.9 Å². The number of pyridine rings is 1. The molecule has 2 N–H and O–H groups in total. The van der Waals surface area contributed by atoms with Crippen LogP contribution in [0.25, 0.3) is 0 Å². The van der Waals surface area contributed by atoms with Crippen LogP contribution in [0.4, 0.5) is 20.2 Å². The number of anilines is 2. The predicted molar refractivity (Wildman–Crippen MR) is 96.2 cm³/mol. The Morgan fingerprint density at radius 1 is 0.962 bits per heavy atom. The van der Waals surface area contributed by atoms with Crippen LogP contribution < -0.4 is 10.6 Å². The van der Waals surface area contributed by atoms with Crippen molar-refractivity contribution in [2.24, 2.45) is 0 Å². The SMILES string of the molecule is CC(NC(=O)c1cc(Nc2ccc(F)c(F)c2)ccn1)c1ccccc1. The summed E-state index contributed by atoms with van der Waals surface area (Å²) >= 11 is 0. The number of rotatable bonds is 5. The second-order valence-electron chi connectivity index (χ2n) is 5.79. The zero-order valence-corrected chi connectivity index (χ0v) is 14.0. The largest absolute Gasteiger partial charge is 0.355 e. The highest BCUT2D eigenvalue weighted by molar-refractivity contribution is 5.93. The van der Waals surface area contributed by atoms with Crippen LogP contribution in [0, 0.1) is 11.6 Å². The number of hydrogen-bond donors (Lipinski definition) is 2. The van der Waals surface area contributed by atoms with Crippen molar-refractivity contribution in [3.05, 3.63) is 89.8 Å². The van der Waals surface area contributed by atoms with Gasteiger partial charge in [-0.05, 0) is 36.8 Å². The number of hydrogen-bond acceptors (Lipinski definition) is 3. The van der Waals surface area contributed by atoms with Gasteiger partial charge in [-0.3, -0.25) is 9.78 Å². The molecular weight excluding hydrogens is 336 g/mol. The fourth-order valence-electron chi connectivity index (χ4n) is 2.47. The molecule has 0 aliphatic rings. The van der Waals surface area contributed by atoms with Crippen molar-refractivity contribution < 1.29 is 13.6 Å². The van der Waals surface area contributed by atoms with Gasteiger partial charge in [0.2, 0.25) is 0 Å². The Balaban J connectivity index is 1.72. The summed E-state index contributed by atoms with van der Waals surface area (Å²) in [4.78, 5) is 16.5. The lowest BCUT2D eigenvalue weighted by atomic mass is 10.1. The Kier molecular flexibility index (Phi) is 5.22. The van der Waals surface area contributed by atoms with Gasteiger partial charge in [-0.2, -0.15) is 0 Å². The molecule has 1 atom stereocenters. The van der Waals surface area contributed by atoms with E-state index >= 15 is 0 Å². The molecule has 132 valence electrons. The molecule has 3 aromatic rings. The Morgan fingerprint density at radius 3 is 2.42 bits per heavy atom. The molecule has 1 aromatic heterocycles. The van der Waals surface area contributed by atoms with E-state index in [0.29, 0.717) is 11.4 Å². The highest BCUT2D eigenvalue weighted by Gasteiger charge is 2.13. The van der Waals surface area contributed by atoms with E-state index in [9.17, 15) is 13.6 Å². The highest BCUT2D eigenvalue weighted by atomic mass is 19.2. The van der Waals surface area contributed by atoms with E-state index in [1.54, 1.807) is 12.1 Å². The zero-order valence-electron chi connectivity index (χ0n) is 14.0. The maximum atomic E-state index is 13.3. The molecule has 0 radical (unpaired) electrons. The molecular formula is C20H17F2N3O. The molecule has 0 saturated heterocycles. The second-order valence-corrected chi connectivity index (χ2v) is 5.79. The first-order chi connectivity index (χ1) is 12.5. The maximum absolute atomic E-state index is 13.3. The van der Waals surface area contributed by atoms with Crippen molar-refractivity contribution in [3.8, 4) is 0 Å². The number of carbonyl (C=O) groups is 1. The molecule has 0 aliphatic heterocycles. The molecule has 1 unspecified atom stereocenters. The molecule has 4 nitrogen and oxygen atoms in total. The topological polar surface area (TPSA) is 54.0 Å². The molecule has 0 aliphatic carbocycles. The van der Waals surface area contributed by atoms with Crippen LogP contribution in [0.2, 0.25) is 0 Å². The minimum Gasteiger partial charge on any atom is -0.355 e. The molecule has 0 bridgehead atoms. The zero-order chi connectivity index (χ0) is 18.5. The maximum Gasteiger partial charge on any atom is 0.270 e. The summed E-state index contributed by atoms with van der Waals surface area (Å²) in [6.45, 7) is 1.89. The minimum absolute atomic E-state index is 0.173. The van der Waals surface area contributed by atoms with Gasteiger partial charge < -0.3 is 10.6 Å². The first kappa shape index (κ1) is 17.5. The lowest BCUT2D eigenvalue weighted by Crippen LogP contribution is -2.27. The smallest absolute Gasteiger partial charge is 0.270 e. The van der Waals surface area contributed by atoms with Gasteiger partial charge in [-0.1, -0.05) is 30.3 Å². The van der Waals surface area contributed by atoms with Crippen molar-refractivity contribution in [2.75, 3.05) is 5.32 Å². The average molecular weight is 353 g/mol. The Labute approximate surface area is 149 Å². The van der Waals surface area contributed by atoms with E-state index in [1.165, 1.54) is 12.3 Å². The minimum atomic E-state index is -0.946. The van der Waals surface area contributed by atoms with Gasteiger partial charge in [0, 0.05) is 23.6 Å². The summed E-state index contributed by atoms with van der Waals surface area (Å²) in [7, 11) is 0. The van der Waals surface area contributed by atoms with Crippen LogP contribution in [0.1, 0.15) is 29.0 Å². The van der Waals surface area contributed by atoms with Crippen molar-refractivity contribution >= 4 is 17.3 Å². The molecule has 6 heteroatoms. The third-order valence-corrected chi connectivity index (χ3v) is 3.85. The van der Waals surface area contributed by atoms with E-state index in [2.05, 4.69) is 15.6 Å². The monoisotopic (exact) mass is 353 g/mol. The number of aromatic nitrogens is 1. The second kappa shape index (κ2) is 7.74. The van der Waals surface area contributed by atoms with Crippen molar-refractivity contribution in [3.63, 3.8) is 0 Å². The Hall–Kier alpha value is -3.28. The summed E-state index contributed by atoms with van der Waals surface area (Å²) < 4.78 is 26.3. The summed E-state index contributed by atoms with van der Waals surface area (Å²) in [6.07, 6.45) is 1.48. The standard InChI is InChI=1S/C20H17F2N3O/c1-13(14-5-3-2-4-6-14)24-20(26)19-12-16(9-10-23-19)25-15-7-8-17(21)18(22)11-15/h2-13H,1H3,(H,23,25)(H,24,26). The molecule has 0 saturated carbocycles. The predicted octanol–water partition coefficient (Wildman–Crippen LogP) is 4.59. The molecule has 2 aromatic carbocycles. The normalized spacial score (nSPS) is 11.7. The third kappa shape index (κ3) is 4.22. The van der Waals surface area contributed by atoms with Gasteiger partial charge >= 0.3 is 0 Å². The fourth-order valence-corrected chi connectivity index (χ4v) is 2.47. The van der Waals surface area contributed by atoms with Gasteiger partial charge in [0.1, 0.15) is 5.69 Å². The summed E-state index contributed by atoms with van der Waals surface area (Å²) in [5, 5.41) is 5.81. The lowest BCUT2D eigenvalue weighted by Gasteiger charge is -2.14. The number of halogens is 2. The van der Waals surface area contributed by atoms with Crippen LogP contribution in [-0.4, -0.2) is 10.9 Å². The van der Waals surface area contributed by atoms with Gasteiger partial charge in [-0.15, -0.1) is 0 Å². The molecule has 0 spiro atoms. The number of carbonyl (C=O) groups excluding carboxylic acids is 1. The van der Waals surface area contributed by atoms with E-state index < -0.39 is 11.6 Å². The summed E-state index contributed by atoms with van der Waals surface area (Å²) in [5.41, 5.74) is 2.12. The van der Waals surface area contributed by atoms with E-state index in [4.69, 9.17) is 0 Å². The highest BCUT2D eigenvalue weighted by Crippen LogP contribution is 2.19. The summed E-state index contributed by atoms with van der Waals surface area (Å²) in [6, 6.07) is 16.1. The molecule has 1 heterocycles. The molecule has 3 rings (SSSR count). The Bertz CT molecular complexity index is 916. The average Bonchev–Trinajstić information content (AvgIpc) is 2.65. The summed E-state index contributed by atoms with van der Waals surface area (Å²) in [5.74, 6) is -2.19. The molecule has 0 fully saturated rings. The number of benzene rings is 2. The first-order valence-electron chi connectivity index (χ1n) is 8.07. The van der Waals surface area contributed by atoms with Crippen molar-refractivity contribution in [2.45, 2.75) is 13.0 Å². The van der Waals surface area contributed by atoms with E-state index in [1.807, 2.05) is 37.3 Å².